The van der Waals surface area contributed by atoms with Crippen LogP contribution in [0.1, 0.15) is 25.3 Å². The third kappa shape index (κ3) is 2.21. The molecule has 102 valence electrons. The maximum atomic E-state index is 12.3. The average molecular weight is 282 g/mol. The molecular formula is C13H16ClN3O2. The predicted octanol–water partition coefficient (Wildman–Crippen LogP) is 1.63. The molecule has 1 fully saturated rings. The van der Waals surface area contributed by atoms with E-state index in [0.717, 1.165) is 30.8 Å². The van der Waals surface area contributed by atoms with Gasteiger partial charge in [0.25, 0.3) is 0 Å². The first-order valence-electron chi connectivity index (χ1n) is 6.61. The topological polar surface area (TPSA) is 55.3 Å². The van der Waals surface area contributed by atoms with Crippen LogP contribution in [0.5, 0.6) is 0 Å². The molecule has 1 aromatic heterocycles. The number of carbonyl (C=O) groups excluding carboxylic acids is 1. The fraction of sp³-hybridized carbons (Fsp3) is 0.615. The van der Waals surface area contributed by atoms with Crippen LogP contribution in [-0.2, 0) is 16.0 Å². The molecule has 1 saturated heterocycles. The number of Topliss-reactive ketones (excluding diaryl/α,β-unsaturated/α-hetero) is 1. The summed E-state index contributed by atoms with van der Waals surface area (Å²) in [4.78, 5) is 22.7. The molecule has 1 aromatic rings. The van der Waals surface area contributed by atoms with Crippen LogP contribution in [-0.4, -0.2) is 41.0 Å². The molecule has 3 rings (SSSR count). The largest absolute Gasteiger partial charge is 0.379 e. The highest BCUT2D eigenvalue weighted by Crippen LogP contribution is 2.32. The molecule has 5 nitrogen and oxygen atoms in total. The lowest BCUT2D eigenvalue weighted by atomic mass is 9.94. The van der Waals surface area contributed by atoms with Crippen molar-refractivity contribution in [3.63, 3.8) is 0 Å². The van der Waals surface area contributed by atoms with Crippen LogP contribution < -0.4 is 4.90 Å². The number of aromatic nitrogens is 2. The molecule has 6 heteroatoms. The fourth-order valence-corrected chi connectivity index (χ4v) is 3.06. The van der Waals surface area contributed by atoms with Gasteiger partial charge in [-0.05, 0) is 24.4 Å². The minimum absolute atomic E-state index is 0.120. The Kier molecular flexibility index (Phi) is 3.41. The number of ether oxygens (including phenoxy) is 1. The van der Waals surface area contributed by atoms with Gasteiger partial charge >= 0.3 is 0 Å². The second kappa shape index (κ2) is 5.06. The van der Waals surface area contributed by atoms with Crippen LogP contribution in [0.2, 0.25) is 5.28 Å². The van der Waals surface area contributed by atoms with E-state index in [0.29, 0.717) is 13.0 Å². The van der Waals surface area contributed by atoms with Gasteiger partial charge in [-0.25, -0.2) is 9.97 Å². The Bertz CT molecular complexity index is 503. The quantitative estimate of drug-likeness (QED) is 0.771. The molecule has 0 aromatic carbocycles. The van der Waals surface area contributed by atoms with Crippen molar-refractivity contribution in [2.45, 2.75) is 38.3 Å². The molecule has 0 bridgehead atoms. The standard InChI is InChI=1S/C13H16ClN3O2/c1-2-10-11(18)5-8-6-15-13(14)16-12(8)17(10)9-3-4-19-7-9/h6,9-10H,2-5,7H2,1H3/t9?,10-/m1/s1. The van der Waals surface area contributed by atoms with Crippen LogP contribution in [0, 0.1) is 0 Å². The number of halogens is 1. The summed E-state index contributed by atoms with van der Waals surface area (Å²) in [6.45, 7) is 3.41. The van der Waals surface area contributed by atoms with Gasteiger partial charge in [0, 0.05) is 24.8 Å². The molecule has 0 aliphatic carbocycles. The van der Waals surface area contributed by atoms with Gasteiger partial charge in [-0.2, -0.15) is 0 Å². The molecule has 0 amide bonds. The van der Waals surface area contributed by atoms with E-state index in [-0.39, 0.29) is 23.2 Å². The lowest BCUT2D eigenvalue weighted by Gasteiger charge is -2.39. The SMILES string of the molecule is CC[C@@H]1C(=O)Cc2cnc(Cl)nc2N1C1CCOC1. The van der Waals surface area contributed by atoms with Crippen molar-refractivity contribution in [2.75, 3.05) is 18.1 Å². The minimum Gasteiger partial charge on any atom is -0.379 e. The number of carbonyl (C=O) groups is 1. The zero-order valence-electron chi connectivity index (χ0n) is 10.8. The van der Waals surface area contributed by atoms with E-state index in [1.54, 1.807) is 6.20 Å². The van der Waals surface area contributed by atoms with Crippen molar-refractivity contribution < 1.29 is 9.53 Å². The normalized spacial score (nSPS) is 26.6. The van der Waals surface area contributed by atoms with E-state index < -0.39 is 0 Å². The number of hydrogen-bond acceptors (Lipinski definition) is 5. The molecule has 0 radical (unpaired) electrons. The zero-order valence-corrected chi connectivity index (χ0v) is 11.6. The van der Waals surface area contributed by atoms with Crippen molar-refractivity contribution in [3.05, 3.63) is 17.0 Å². The van der Waals surface area contributed by atoms with Crippen molar-refractivity contribution in [1.29, 1.82) is 0 Å². The summed E-state index contributed by atoms with van der Waals surface area (Å²) in [5, 5.41) is 0.229. The molecule has 0 N–H and O–H groups in total. The Hall–Kier alpha value is -1.20. The lowest BCUT2D eigenvalue weighted by molar-refractivity contribution is -0.120. The van der Waals surface area contributed by atoms with E-state index in [1.165, 1.54) is 0 Å². The third-order valence-corrected chi connectivity index (χ3v) is 4.00. The van der Waals surface area contributed by atoms with Crippen LogP contribution in [0.25, 0.3) is 0 Å². The Morgan fingerprint density at radius 3 is 3.11 bits per heavy atom. The number of nitrogens with zero attached hydrogens (tertiary/aromatic N) is 3. The summed E-state index contributed by atoms with van der Waals surface area (Å²) in [6, 6.07) is 0.0871. The fourth-order valence-electron chi connectivity index (χ4n) is 2.93. The Morgan fingerprint density at radius 1 is 1.58 bits per heavy atom. The van der Waals surface area contributed by atoms with E-state index in [4.69, 9.17) is 16.3 Å². The Morgan fingerprint density at radius 2 is 2.42 bits per heavy atom. The predicted molar refractivity (Wildman–Crippen MR) is 71.5 cm³/mol. The van der Waals surface area contributed by atoms with Gasteiger partial charge in [0.1, 0.15) is 5.82 Å². The van der Waals surface area contributed by atoms with Gasteiger partial charge in [-0.3, -0.25) is 4.79 Å². The molecular weight excluding hydrogens is 266 g/mol. The van der Waals surface area contributed by atoms with Crippen molar-refractivity contribution in [3.8, 4) is 0 Å². The van der Waals surface area contributed by atoms with Gasteiger partial charge in [0.2, 0.25) is 5.28 Å². The molecule has 0 saturated carbocycles. The van der Waals surface area contributed by atoms with E-state index in [9.17, 15) is 4.79 Å². The van der Waals surface area contributed by atoms with Crippen molar-refractivity contribution >= 4 is 23.2 Å². The van der Waals surface area contributed by atoms with Crippen molar-refractivity contribution in [2.24, 2.45) is 0 Å². The number of hydrogen-bond donors (Lipinski definition) is 0. The summed E-state index contributed by atoms with van der Waals surface area (Å²) in [5.74, 6) is 1.04. The zero-order chi connectivity index (χ0) is 13.4. The third-order valence-electron chi connectivity index (χ3n) is 3.81. The second-order valence-corrected chi connectivity index (χ2v) is 5.32. The van der Waals surface area contributed by atoms with E-state index >= 15 is 0 Å². The average Bonchev–Trinajstić information content (AvgIpc) is 2.91. The summed E-state index contributed by atoms with van der Waals surface area (Å²) >= 11 is 5.91. The highest BCUT2D eigenvalue weighted by molar-refractivity contribution is 6.28. The van der Waals surface area contributed by atoms with Crippen LogP contribution in [0.15, 0.2) is 6.20 Å². The smallest absolute Gasteiger partial charge is 0.224 e. The molecule has 19 heavy (non-hydrogen) atoms. The summed E-state index contributed by atoms with van der Waals surface area (Å²) in [6.07, 6.45) is 3.76. The molecule has 2 aliphatic heterocycles. The number of rotatable bonds is 2. The van der Waals surface area contributed by atoms with Crippen LogP contribution >= 0.6 is 11.6 Å². The van der Waals surface area contributed by atoms with E-state index in [2.05, 4.69) is 14.9 Å². The molecule has 3 heterocycles. The van der Waals surface area contributed by atoms with Gasteiger partial charge < -0.3 is 9.64 Å². The highest BCUT2D eigenvalue weighted by atomic mass is 35.5. The molecule has 2 atom stereocenters. The molecule has 2 aliphatic rings. The van der Waals surface area contributed by atoms with E-state index in [1.807, 2.05) is 6.92 Å². The van der Waals surface area contributed by atoms with Crippen molar-refractivity contribution in [1.82, 2.24) is 9.97 Å². The minimum atomic E-state index is -0.120. The number of anilines is 1. The Balaban J connectivity index is 2.05. The monoisotopic (exact) mass is 281 g/mol. The van der Waals surface area contributed by atoms with Crippen LogP contribution in [0.4, 0.5) is 5.82 Å². The first kappa shape index (κ1) is 12.8. The van der Waals surface area contributed by atoms with Gasteiger partial charge in [-0.1, -0.05) is 6.92 Å². The maximum Gasteiger partial charge on any atom is 0.224 e. The van der Waals surface area contributed by atoms with Gasteiger partial charge in [-0.15, -0.1) is 0 Å². The first-order valence-corrected chi connectivity index (χ1v) is 6.98. The molecule has 0 spiro atoms. The second-order valence-electron chi connectivity index (χ2n) is 4.98. The number of fused-ring (bicyclic) bond motifs is 1. The lowest BCUT2D eigenvalue weighted by Crippen LogP contribution is -2.51. The first-order chi connectivity index (χ1) is 9.20. The van der Waals surface area contributed by atoms with Crippen LogP contribution in [0.3, 0.4) is 0 Å². The Labute approximate surface area is 116 Å². The summed E-state index contributed by atoms with van der Waals surface area (Å²) < 4.78 is 5.45. The number of ketones is 1. The van der Waals surface area contributed by atoms with Gasteiger partial charge in [0.05, 0.1) is 18.7 Å². The summed E-state index contributed by atoms with van der Waals surface area (Å²) in [5.41, 5.74) is 0.867. The maximum absolute atomic E-state index is 12.3. The van der Waals surface area contributed by atoms with Gasteiger partial charge in [0.15, 0.2) is 5.78 Å². The highest BCUT2D eigenvalue weighted by Gasteiger charge is 2.38. The summed E-state index contributed by atoms with van der Waals surface area (Å²) in [7, 11) is 0. The molecule has 1 unspecified atom stereocenters.